The molecule has 0 bridgehead atoms. The molecule has 0 unspecified atom stereocenters. The fraction of sp³-hybridized carbons (Fsp3) is 0.188. The van der Waals surface area contributed by atoms with Gasteiger partial charge in [-0.2, -0.15) is 4.98 Å². The molecule has 0 saturated heterocycles. The molecule has 0 amide bonds. The molecule has 2 heterocycles. The molecule has 3 rings (SSSR count). The lowest BCUT2D eigenvalue weighted by molar-refractivity contribution is 0.369. The topological polar surface area (TPSA) is 98.3 Å². The third-order valence-electron chi connectivity index (χ3n) is 3.54. The smallest absolute Gasteiger partial charge is 0.251 e. The minimum Gasteiger partial charge on any atom is -0.337 e. The standard InChI is InChI=1S/C16H16N4O4S/c1-19(2)25(22,23)13-8-9-15(21)20(10-13)11-14-17-16(18-24-14)12-6-4-3-5-7-12/h3-10H,11H2,1-2H3. The summed E-state index contributed by atoms with van der Waals surface area (Å²) in [4.78, 5) is 16.3. The van der Waals surface area contributed by atoms with E-state index < -0.39 is 10.0 Å². The summed E-state index contributed by atoms with van der Waals surface area (Å²) in [5.74, 6) is 0.612. The summed E-state index contributed by atoms with van der Waals surface area (Å²) in [6.07, 6.45) is 1.27. The Balaban J connectivity index is 1.91. The Labute approximate surface area is 144 Å². The van der Waals surface area contributed by atoms with Crippen LogP contribution in [0.25, 0.3) is 11.4 Å². The van der Waals surface area contributed by atoms with Crippen LogP contribution in [0.4, 0.5) is 0 Å². The average molecular weight is 360 g/mol. The first-order chi connectivity index (χ1) is 11.9. The maximum atomic E-state index is 12.2. The van der Waals surface area contributed by atoms with Crippen LogP contribution in [0, 0.1) is 0 Å². The van der Waals surface area contributed by atoms with E-state index >= 15 is 0 Å². The molecule has 1 aromatic carbocycles. The third-order valence-corrected chi connectivity index (χ3v) is 5.34. The molecular weight excluding hydrogens is 344 g/mol. The van der Waals surface area contributed by atoms with Crippen molar-refractivity contribution < 1.29 is 12.9 Å². The SMILES string of the molecule is CN(C)S(=O)(=O)c1ccc(=O)n(Cc2nc(-c3ccccc3)no2)c1. The Morgan fingerprint density at radius 3 is 2.52 bits per heavy atom. The molecule has 130 valence electrons. The summed E-state index contributed by atoms with van der Waals surface area (Å²) in [5, 5.41) is 3.88. The monoisotopic (exact) mass is 360 g/mol. The van der Waals surface area contributed by atoms with Crippen LogP contribution in [0.1, 0.15) is 5.89 Å². The van der Waals surface area contributed by atoms with Gasteiger partial charge in [-0.15, -0.1) is 0 Å². The van der Waals surface area contributed by atoms with Gasteiger partial charge in [0, 0.05) is 31.9 Å². The molecule has 9 heteroatoms. The highest BCUT2D eigenvalue weighted by molar-refractivity contribution is 7.89. The molecular formula is C16H16N4O4S. The van der Waals surface area contributed by atoms with E-state index in [1.807, 2.05) is 30.3 Å². The van der Waals surface area contributed by atoms with Crippen LogP contribution in [0.5, 0.6) is 0 Å². The fourth-order valence-corrected chi connectivity index (χ4v) is 3.09. The van der Waals surface area contributed by atoms with E-state index in [0.29, 0.717) is 5.82 Å². The van der Waals surface area contributed by atoms with E-state index in [2.05, 4.69) is 10.1 Å². The van der Waals surface area contributed by atoms with Crippen LogP contribution < -0.4 is 5.56 Å². The third kappa shape index (κ3) is 3.52. The van der Waals surface area contributed by atoms with Crippen molar-refractivity contribution in [3.8, 4) is 11.4 Å². The van der Waals surface area contributed by atoms with Gasteiger partial charge in [0.2, 0.25) is 21.7 Å². The highest BCUT2D eigenvalue weighted by Crippen LogP contribution is 2.15. The maximum Gasteiger partial charge on any atom is 0.251 e. The molecule has 0 spiro atoms. The van der Waals surface area contributed by atoms with Crippen LogP contribution in [0.15, 0.2) is 62.9 Å². The summed E-state index contributed by atoms with van der Waals surface area (Å²) in [5.41, 5.74) is 0.422. The van der Waals surface area contributed by atoms with Crippen LogP contribution in [0.2, 0.25) is 0 Å². The van der Waals surface area contributed by atoms with Crippen molar-refractivity contribution in [2.24, 2.45) is 0 Å². The van der Waals surface area contributed by atoms with Gasteiger partial charge >= 0.3 is 0 Å². The van der Waals surface area contributed by atoms with Gasteiger partial charge < -0.3 is 9.09 Å². The van der Waals surface area contributed by atoms with Crippen molar-refractivity contribution in [1.82, 2.24) is 19.0 Å². The molecule has 0 aliphatic heterocycles. The Morgan fingerprint density at radius 1 is 1.12 bits per heavy atom. The zero-order chi connectivity index (χ0) is 18.0. The summed E-state index contributed by atoms with van der Waals surface area (Å²) in [6, 6.07) is 11.7. The molecule has 0 aliphatic carbocycles. The number of nitrogens with zero attached hydrogens (tertiary/aromatic N) is 4. The van der Waals surface area contributed by atoms with E-state index in [-0.39, 0.29) is 22.9 Å². The highest BCUT2D eigenvalue weighted by atomic mass is 32.2. The van der Waals surface area contributed by atoms with E-state index in [4.69, 9.17) is 4.52 Å². The normalized spacial score (nSPS) is 11.8. The molecule has 0 saturated carbocycles. The van der Waals surface area contributed by atoms with Crippen molar-refractivity contribution in [1.29, 1.82) is 0 Å². The Bertz CT molecular complexity index is 1040. The van der Waals surface area contributed by atoms with Gasteiger partial charge in [0.15, 0.2) is 0 Å². The predicted molar refractivity (Wildman–Crippen MR) is 90.4 cm³/mol. The number of aromatic nitrogens is 3. The van der Waals surface area contributed by atoms with Crippen molar-refractivity contribution in [3.63, 3.8) is 0 Å². The molecule has 0 radical (unpaired) electrons. The molecule has 8 nitrogen and oxygen atoms in total. The minimum absolute atomic E-state index is 0.0138. The lowest BCUT2D eigenvalue weighted by Gasteiger charge is -2.12. The van der Waals surface area contributed by atoms with E-state index in [1.165, 1.54) is 37.0 Å². The number of hydrogen-bond donors (Lipinski definition) is 0. The summed E-state index contributed by atoms with van der Waals surface area (Å²) < 4.78 is 31.9. The zero-order valence-corrected chi connectivity index (χ0v) is 14.5. The molecule has 0 aliphatic rings. The van der Waals surface area contributed by atoms with Gasteiger partial charge in [-0.1, -0.05) is 35.5 Å². The largest absolute Gasteiger partial charge is 0.337 e. The second kappa shape index (κ2) is 6.61. The van der Waals surface area contributed by atoms with Gasteiger partial charge in [0.25, 0.3) is 5.56 Å². The van der Waals surface area contributed by atoms with Gasteiger partial charge in [-0.05, 0) is 6.07 Å². The van der Waals surface area contributed by atoms with Crippen LogP contribution in [-0.4, -0.2) is 41.5 Å². The van der Waals surface area contributed by atoms with E-state index in [0.717, 1.165) is 9.87 Å². The minimum atomic E-state index is -3.64. The molecule has 0 atom stereocenters. The van der Waals surface area contributed by atoms with Gasteiger partial charge in [0.1, 0.15) is 6.54 Å². The maximum absolute atomic E-state index is 12.2. The van der Waals surface area contributed by atoms with Crippen LogP contribution >= 0.6 is 0 Å². The molecule has 0 N–H and O–H groups in total. The number of rotatable bonds is 5. The molecule has 3 aromatic rings. The zero-order valence-electron chi connectivity index (χ0n) is 13.7. The Kier molecular flexibility index (Phi) is 4.51. The molecule has 2 aromatic heterocycles. The molecule has 0 fully saturated rings. The number of sulfonamides is 1. The highest BCUT2D eigenvalue weighted by Gasteiger charge is 2.19. The Hall–Kier alpha value is -2.78. The van der Waals surface area contributed by atoms with Crippen LogP contribution in [-0.2, 0) is 16.6 Å². The first-order valence-corrected chi connectivity index (χ1v) is 8.83. The van der Waals surface area contributed by atoms with Crippen molar-refractivity contribution >= 4 is 10.0 Å². The van der Waals surface area contributed by atoms with Crippen molar-refractivity contribution in [3.05, 3.63) is 64.9 Å². The average Bonchev–Trinajstić information content (AvgIpc) is 3.06. The van der Waals surface area contributed by atoms with Crippen molar-refractivity contribution in [2.75, 3.05) is 14.1 Å². The lowest BCUT2D eigenvalue weighted by atomic mass is 10.2. The van der Waals surface area contributed by atoms with Crippen LogP contribution in [0.3, 0.4) is 0 Å². The fourth-order valence-electron chi connectivity index (χ4n) is 2.17. The predicted octanol–water partition coefficient (Wildman–Crippen LogP) is 1.20. The Morgan fingerprint density at radius 2 is 1.84 bits per heavy atom. The lowest BCUT2D eigenvalue weighted by Crippen LogP contribution is -2.26. The van der Waals surface area contributed by atoms with E-state index in [1.54, 1.807) is 0 Å². The van der Waals surface area contributed by atoms with E-state index in [9.17, 15) is 13.2 Å². The first-order valence-electron chi connectivity index (χ1n) is 7.39. The summed E-state index contributed by atoms with van der Waals surface area (Å²) >= 11 is 0. The second-order valence-corrected chi connectivity index (χ2v) is 7.65. The number of pyridine rings is 1. The van der Waals surface area contributed by atoms with Gasteiger partial charge in [-0.25, -0.2) is 12.7 Å². The van der Waals surface area contributed by atoms with Gasteiger partial charge in [-0.3, -0.25) is 4.79 Å². The first kappa shape index (κ1) is 17.1. The van der Waals surface area contributed by atoms with Gasteiger partial charge in [0.05, 0.1) is 4.90 Å². The summed E-state index contributed by atoms with van der Waals surface area (Å²) in [6.45, 7) is -0.0184. The summed E-state index contributed by atoms with van der Waals surface area (Å²) in [7, 11) is -0.788. The van der Waals surface area contributed by atoms with Crippen molar-refractivity contribution in [2.45, 2.75) is 11.4 Å². The second-order valence-electron chi connectivity index (χ2n) is 5.50. The molecule has 25 heavy (non-hydrogen) atoms. The number of benzene rings is 1. The quantitative estimate of drug-likeness (QED) is 0.678. The number of hydrogen-bond acceptors (Lipinski definition) is 6.